The maximum Gasteiger partial charge on any atom is 0.278 e. The summed E-state index contributed by atoms with van der Waals surface area (Å²) in [5.41, 5.74) is 3.63. The number of hydrogen-bond acceptors (Lipinski definition) is 4. The summed E-state index contributed by atoms with van der Waals surface area (Å²) in [5, 5.41) is 11.0. The Kier molecular flexibility index (Phi) is 6.54. The second kappa shape index (κ2) is 9.27. The molecule has 0 radical (unpaired) electrons. The number of aromatic nitrogens is 1. The van der Waals surface area contributed by atoms with Gasteiger partial charge in [-0.15, -0.1) is 0 Å². The smallest absolute Gasteiger partial charge is 0.278 e. The first-order valence-electron chi connectivity index (χ1n) is 10.7. The molecule has 27 heavy (non-hydrogen) atoms. The molecule has 0 bridgehead atoms. The maximum absolute atomic E-state index is 9.90. The van der Waals surface area contributed by atoms with Gasteiger partial charge < -0.3 is 9.64 Å². The van der Waals surface area contributed by atoms with Crippen molar-refractivity contribution in [2.24, 2.45) is 0 Å². The molecule has 0 unspecified atom stereocenters. The summed E-state index contributed by atoms with van der Waals surface area (Å²) in [6, 6.07) is 2.54. The van der Waals surface area contributed by atoms with Gasteiger partial charge in [0.2, 0.25) is 0 Å². The van der Waals surface area contributed by atoms with Crippen LogP contribution in [0.4, 0.5) is 5.82 Å². The second-order valence-electron chi connectivity index (χ2n) is 7.96. The summed E-state index contributed by atoms with van der Waals surface area (Å²) in [6.45, 7) is 7.31. The van der Waals surface area contributed by atoms with Crippen LogP contribution in [0.25, 0.3) is 0 Å². The standard InChI is InChI=1S/C21H30N4OS/c22-16-19-17-6-2-3-7-18(17)20(25-10-13-26-14-11-25)23-21(19)27-15-12-24-8-4-1-5-9-24/h1-15H2/p+2. The predicted octanol–water partition coefficient (Wildman–Crippen LogP) is 1.25. The Hall–Kier alpha value is -1.29. The molecule has 5 nitrogen and oxygen atoms in total. The number of pyridine rings is 1. The minimum absolute atomic E-state index is 0.795. The molecule has 2 aliphatic heterocycles. The Morgan fingerprint density at radius 1 is 1.04 bits per heavy atom. The zero-order chi connectivity index (χ0) is 18.5. The van der Waals surface area contributed by atoms with Crippen LogP contribution >= 0.6 is 11.8 Å². The van der Waals surface area contributed by atoms with E-state index in [0.717, 1.165) is 55.5 Å². The van der Waals surface area contributed by atoms with Gasteiger partial charge in [-0.05, 0) is 50.5 Å². The number of nitrogens with zero attached hydrogens (tertiary/aromatic N) is 2. The number of ether oxygens (including phenoxy) is 1. The highest BCUT2D eigenvalue weighted by molar-refractivity contribution is 7.99. The molecule has 0 saturated carbocycles. The molecule has 1 aliphatic carbocycles. The molecule has 3 aliphatic rings. The maximum atomic E-state index is 9.90. The van der Waals surface area contributed by atoms with Crippen LogP contribution in [0.15, 0.2) is 5.03 Å². The van der Waals surface area contributed by atoms with Crippen molar-refractivity contribution >= 4 is 17.6 Å². The fourth-order valence-electron chi connectivity index (χ4n) is 4.71. The van der Waals surface area contributed by atoms with E-state index in [4.69, 9.17) is 4.74 Å². The van der Waals surface area contributed by atoms with Crippen LogP contribution in [0.1, 0.15) is 48.8 Å². The van der Waals surface area contributed by atoms with Gasteiger partial charge in [0, 0.05) is 5.56 Å². The molecular formula is C21H32N4OS+2. The van der Waals surface area contributed by atoms with E-state index in [1.54, 1.807) is 4.90 Å². The minimum Gasteiger partial charge on any atom is -0.373 e. The van der Waals surface area contributed by atoms with E-state index < -0.39 is 0 Å². The number of fused-ring (bicyclic) bond motifs is 1. The van der Waals surface area contributed by atoms with Crippen LogP contribution in [0.3, 0.4) is 0 Å². The third kappa shape index (κ3) is 4.42. The molecule has 2 saturated heterocycles. The van der Waals surface area contributed by atoms with Gasteiger partial charge in [0.1, 0.15) is 24.7 Å². The normalized spacial score (nSPS) is 20.9. The average Bonchev–Trinajstić information content (AvgIpc) is 2.74. The van der Waals surface area contributed by atoms with Crippen LogP contribution in [-0.2, 0) is 17.6 Å². The number of nitriles is 1. The molecule has 146 valence electrons. The molecular weight excluding hydrogens is 356 g/mol. The summed E-state index contributed by atoms with van der Waals surface area (Å²) in [7, 11) is 0. The first-order chi connectivity index (χ1) is 13.4. The molecule has 2 N–H and O–H groups in total. The molecule has 0 atom stereocenters. The molecule has 0 amide bonds. The zero-order valence-electron chi connectivity index (χ0n) is 16.3. The van der Waals surface area contributed by atoms with Crippen molar-refractivity contribution in [3.05, 3.63) is 16.7 Å². The second-order valence-corrected chi connectivity index (χ2v) is 9.07. The summed E-state index contributed by atoms with van der Waals surface area (Å²) in [4.78, 5) is 7.88. The number of thioether (sulfide) groups is 1. The monoisotopic (exact) mass is 388 g/mol. The fourth-order valence-corrected chi connectivity index (χ4v) is 5.78. The quantitative estimate of drug-likeness (QED) is 0.772. The van der Waals surface area contributed by atoms with Crippen molar-refractivity contribution in [1.82, 2.24) is 0 Å². The van der Waals surface area contributed by atoms with Crippen molar-refractivity contribution in [1.29, 1.82) is 5.26 Å². The van der Waals surface area contributed by atoms with Gasteiger partial charge in [-0.2, -0.15) is 5.26 Å². The molecule has 0 spiro atoms. The van der Waals surface area contributed by atoms with E-state index in [1.807, 2.05) is 11.8 Å². The highest BCUT2D eigenvalue weighted by Gasteiger charge is 2.31. The van der Waals surface area contributed by atoms with E-state index in [-0.39, 0.29) is 0 Å². The molecule has 4 rings (SSSR count). The van der Waals surface area contributed by atoms with Gasteiger partial charge in [-0.25, -0.2) is 4.98 Å². The number of piperidine rings is 1. The molecule has 2 fully saturated rings. The van der Waals surface area contributed by atoms with E-state index >= 15 is 0 Å². The Morgan fingerprint density at radius 3 is 2.52 bits per heavy atom. The molecule has 1 aromatic heterocycles. The molecule has 1 aromatic rings. The number of nitrogens with one attached hydrogen (secondary N) is 2. The van der Waals surface area contributed by atoms with E-state index in [9.17, 15) is 5.26 Å². The summed E-state index contributed by atoms with van der Waals surface area (Å²) < 4.78 is 5.56. The first-order valence-corrected chi connectivity index (χ1v) is 11.7. The van der Waals surface area contributed by atoms with Crippen LogP contribution in [-0.4, -0.2) is 51.7 Å². The van der Waals surface area contributed by atoms with Gasteiger partial charge in [0.25, 0.3) is 5.82 Å². The molecule has 0 aromatic carbocycles. The summed E-state index contributed by atoms with van der Waals surface area (Å²) in [6.07, 6.45) is 8.72. The number of aromatic amines is 1. The SMILES string of the molecule is N#Cc1c(SCC[NH+]2CCCCC2)[nH+]c(N2CCOCC2)c2c1CCCC2. The topological polar surface area (TPSA) is 54.8 Å². The van der Waals surface area contributed by atoms with Crippen molar-refractivity contribution < 1.29 is 14.6 Å². The van der Waals surface area contributed by atoms with Crippen LogP contribution < -0.4 is 14.8 Å². The van der Waals surface area contributed by atoms with Crippen LogP contribution in [0.2, 0.25) is 0 Å². The van der Waals surface area contributed by atoms with Gasteiger partial charge in [0.15, 0.2) is 5.03 Å². The number of hydrogen-bond donors (Lipinski definition) is 1. The Balaban J connectivity index is 1.56. The summed E-state index contributed by atoms with van der Waals surface area (Å²) >= 11 is 1.86. The third-order valence-electron chi connectivity index (χ3n) is 6.22. The van der Waals surface area contributed by atoms with E-state index in [2.05, 4.69) is 16.0 Å². The first kappa shape index (κ1) is 19.0. The van der Waals surface area contributed by atoms with Gasteiger partial charge in [-0.1, -0.05) is 11.8 Å². The van der Waals surface area contributed by atoms with Crippen molar-refractivity contribution in [3.8, 4) is 6.07 Å². The minimum atomic E-state index is 0.795. The van der Waals surface area contributed by atoms with Crippen molar-refractivity contribution in [2.45, 2.75) is 50.0 Å². The number of H-pyrrole nitrogens is 1. The number of likely N-dealkylation sites (tertiary alicyclic amines) is 1. The lowest BCUT2D eigenvalue weighted by Crippen LogP contribution is -3.13. The summed E-state index contributed by atoms with van der Waals surface area (Å²) in [5.74, 6) is 2.35. The van der Waals surface area contributed by atoms with Crippen LogP contribution in [0, 0.1) is 11.3 Å². The highest BCUT2D eigenvalue weighted by Crippen LogP contribution is 2.33. The van der Waals surface area contributed by atoms with Gasteiger partial charge >= 0.3 is 0 Å². The lowest BCUT2D eigenvalue weighted by Gasteiger charge is -2.27. The number of quaternary nitrogens is 1. The van der Waals surface area contributed by atoms with E-state index in [1.165, 1.54) is 68.7 Å². The average molecular weight is 389 g/mol. The number of morpholine rings is 1. The lowest BCUT2D eigenvalue weighted by molar-refractivity contribution is -0.902. The van der Waals surface area contributed by atoms with Crippen LogP contribution in [0.5, 0.6) is 0 Å². The number of anilines is 1. The Bertz CT molecular complexity index is 690. The van der Waals surface area contributed by atoms with Gasteiger partial charge in [-0.3, -0.25) is 4.90 Å². The largest absolute Gasteiger partial charge is 0.373 e. The van der Waals surface area contributed by atoms with Gasteiger partial charge in [0.05, 0.1) is 38.6 Å². The molecule has 3 heterocycles. The predicted molar refractivity (Wildman–Crippen MR) is 108 cm³/mol. The number of rotatable bonds is 5. The third-order valence-corrected chi connectivity index (χ3v) is 7.22. The van der Waals surface area contributed by atoms with Crippen molar-refractivity contribution in [2.75, 3.05) is 56.6 Å². The van der Waals surface area contributed by atoms with Crippen molar-refractivity contribution in [3.63, 3.8) is 0 Å². The lowest BCUT2D eigenvalue weighted by atomic mass is 9.89. The highest BCUT2D eigenvalue weighted by atomic mass is 32.2. The van der Waals surface area contributed by atoms with E-state index in [0.29, 0.717) is 0 Å². The fraction of sp³-hybridized carbons (Fsp3) is 0.714. The molecule has 6 heteroatoms. The Morgan fingerprint density at radius 2 is 1.78 bits per heavy atom. The zero-order valence-corrected chi connectivity index (χ0v) is 17.1. The Labute approximate surface area is 167 Å².